The summed E-state index contributed by atoms with van der Waals surface area (Å²) in [6, 6.07) is 0. The first-order valence-corrected chi connectivity index (χ1v) is 3.23. The molecule has 0 bridgehead atoms. The molecule has 4 nitrogen and oxygen atoms in total. The molecule has 1 unspecified atom stereocenters. The van der Waals surface area contributed by atoms with E-state index < -0.39 is 0 Å². The molecule has 0 fully saturated rings. The minimum absolute atomic E-state index is 0.123. The van der Waals surface area contributed by atoms with Gasteiger partial charge in [-0.3, -0.25) is 4.79 Å². The minimum atomic E-state index is -0.236. The first-order valence-electron chi connectivity index (χ1n) is 1.99. The van der Waals surface area contributed by atoms with Gasteiger partial charge in [0.05, 0.1) is 3.92 Å². The number of rotatable bonds is 2. The molecule has 0 heterocycles. The van der Waals surface area contributed by atoms with Gasteiger partial charge in [0.1, 0.15) is 0 Å². The van der Waals surface area contributed by atoms with Crippen LogP contribution >= 0.6 is 22.6 Å². The molecule has 1 amide bonds. The Morgan fingerprint density at radius 3 is 2.62 bits per heavy atom. The van der Waals surface area contributed by atoms with Crippen molar-refractivity contribution in [1.82, 2.24) is 5.43 Å². The number of halogens is 1. The SMILES string of the molecule is CC(I)C(=O)NN=N. The average Bonchev–Trinajstić information content (AvgIpc) is 1.67. The lowest BCUT2D eigenvalue weighted by molar-refractivity contribution is -0.120. The van der Waals surface area contributed by atoms with Crippen molar-refractivity contribution in [1.29, 1.82) is 5.53 Å². The number of hydrogen-bond acceptors (Lipinski definition) is 3. The van der Waals surface area contributed by atoms with Gasteiger partial charge in [-0.25, -0.2) is 5.43 Å². The number of nitrogens with zero attached hydrogens (tertiary/aromatic N) is 1. The maximum Gasteiger partial charge on any atom is 0.254 e. The second kappa shape index (κ2) is 3.76. The molecule has 5 heteroatoms. The van der Waals surface area contributed by atoms with Crippen LogP contribution in [0, 0.1) is 5.53 Å². The average molecular weight is 227 g/mol. The first-order chi connectivity index (χ1) is 3.68. The Kier molecular flexibility index (Phi) is 3.67. The quantitative estimate of drug-likeness (QED) is 0.312. The highest BCUT2D eigenvalue weighted by atomic mass is 127. The molecule has 0 spiro atoms. The van der Waals surface area contributed by atoms with Crippen LogP contribution in [0.4, 0.5) is 0 Å². The molecule has 1 atom stereocenters. The number of amides is 1. The molecule has 0 saturated heterocycles. The van der Waals surface area contributed by atoms with Crippen molar-refractivity contribution in [3.63, 3.8) is 0 Å². The van der Waals surface area contributed by atoms with E-state index in [9.17, 15) is 4.79 Å². The summed E-state index contributed by atoms with van der Waals surface area (Å²) in [4.78, 5) is 10.4. The normalized spacial score (nSPS) is 12.2. The van der Waals surface area contributed by atoms with E-state index in [0.29, 0.717) is 0 Å². The Bertz CT molecular complexity index is 103. The summed E-state index contributed by atoms with van der Waals surface area (Å²) in [6.45, 7) is 1.72. The van der Waals surface area contributed by atoms with Gasteiger partial charge in [-0.15, -0.1) is 0 Å². The third-order valence-corrected chi connectivity index (χ3v) is 1.09. The van der Waals surface area contributed by atoms with Gasteiger partial charge in [-0.1, -0.05) is 27.8 Å². The van der Waals surface area contributed by atoms with Crippen LogP contribution in [-0.2, 0) is 4.79 Å². The van der Waals surface area contributed by atoms with Gasteiger partial charge in [-0.05, 0) is 6.92 Å². The molecule has 2 N–H and O–H groups in total. The van der Waals surface area contributed by atoms with E-state index >= 15 is 0 Å². The lowest BCUT2D eigenvalue weighted by Gasteiger charge is -1.96. The van der Waals surface area contributed by atoms with Gasteiger partial charge in [-0.2, -0.15) is 5.53 Å². The van der Waals surface area contributed by atoms with E-state index in [1.807, 2.05) is 28.0 Å². The van der Waals surface area contributed by atoms with Gasteiger partial charge >= 0.3 is 0 Å². The molecular weight excluding hydrogens is 221 g/mol. The largest absolute Gasteiger partial charge is 0.272 e. The fourth-order valence-corrected chi connectivity index (χ4v) is 0.283. The van der Waals surface area contributed by atoms with Gasteiger partial charge in [0.2, 0.25) is 0 Å². The summed E-state index contributed by atoms with van der Waals surface area (Å²) < 4.78 is -0.123. The predicted molar refractivity (Wildman–Crippen MR) is 36.8 cm³/mol. The van der Waals surface area contributed by atoms with Crippen molar-refractivity contribution in [2.45, 2.75) is 10.8 Å². The second-order valence-corrected chi connectivity index (χ2v) is 3.07. The van der Waals surface area contributed by atoms with Crippen molar-refractivity contribution >= 4 is 28.5 Å². The maximum atomic E-state index is 10.4. The summed E-state index contributed by atoms with van der Waals surface area (Å²) in [5.41, 5.74) is 8.21. The summed E-state index contributed by atoms with van der Waals surface area (Å²) in [5.74, 6) is -0.236. The predicted octanol–water partition coefficient (Wildman–Crippen LogP) is 0.872. The van der Waals surface area contributed by atoms with Crippen LogP contribution in [0.1, 0.15) is 6.92 Å². The molecule has 0 aliphatic heterocycles. The molecular formula is C3H6IN3O. The number of nitrogens with one attached hydrogen (secondary N) is 2. The lowest BCUT2D eigenvalue weighted by atomic mass is 10.5. The van der Waals surface area contributed by atoms with Crippen molar-refractivity contribution in [3.05, 3.63) is 0 Å². The Balaban J connectivity index is 3.48. The number of carbonyl (C=O) groups is 1. The van der Waals surface area contributed by atoms with Crippen molar-refractivity contribution < 1.29 is 4.79 Å². The second-order valence-electron chi connectivity index (χ2n) is 1.20. The molecule has 0 aliphatic rings. The number of carbonyl (C=O) groups excluding carboxylic acids is 1. The van der Waals surface area contributed by atoms with E-state index in [4.69, 9.17) is 5.53 Å². The Morgan fingerprint density at radius 2 is 2.50 bits per heavy atom. The highest BCUT2D eigenvalue weighted by molar-refractivity contribution is 14.1. The van der Waals surface area contributed by atoms with Crippen molar-refractivity contribution in [3.8, 4) is 0 Å². The molecule has 8 heavy (non-hydrogen) atoms. The fraction of sp³-hybridized carbons (Fsp3) is 0.667. The molecule has 46 valence electrons. The van der Waals surface area contributed by atoms with E-state index in [0.717, 1.165) is 0 Å². The van der Waals surface area contributed by atoms with Crippen LogP contribution in [0.3, 0.4) is 0 Å². The number of hydrogen-bond donors (Lipinski definition) is 2. The Hall–Kier alpha value is -0.200. The Labute approximate surface area is 60.6 Å². The van der Waals surface area contributed by atoms with Crippen molar-refractivity contribution in [2.75, 3.05) is 0 Å². The maximum absolute atomic E-state index is 10.4. The smallest absolute Gasteiger partial charge is 0.254 e. The Morgan fingerprint density at radius 1 is 2.00 bits per heavy atom. The number of alkyl halides is 1. The molecule has 0 aromatic carbocycles. The zero-order valence-corrected chi connectivity index (χ0v) is 6.47. The topological polar surface area (TPSA) is 65.3 Å². The van der Waals surface area contributed by atoms with Crippen LogP contribution in [0.15, 0.2) is 5.22 Å². The molecule has 0 aromatic heterocycles. The van der Waals surface area contributed by atoms with Gasteiger partial charge in [0.25, 0.3) is 5.91 Å². The molecule has 0 radical (unpaired) electrons. The van der Waals surface area contributed by atoms with Crippen LogP contribution in [0.25, 0.3) is 0 Å². The van der Waals surface area contributed by atoms with Gasteiger partial charge < -0.3 is 0 Å². The lowest BCUT2D eigenvalue weighted by Crippen LogP contribution is -2.23. The third-order valence-electron chi connectivity index (χ3n) is 0.527. The first kappa shape index (κ1) is 7.80. The minimum Gasteiger partial charge on any atom is -0.272 e. The zero-order chi connectivity index (χ0) is 6.57. The van der Waals surface area contributed by atoms with Crippen LogP contribution < -0.4 is 5.43 Å². The van der Waals surface area contributed by atoms with Crippen LogP contribution in [0.5, 0.6) is 0 Å². The standard InChI is InChI=1S/C3H6IN3O/c1-2(4)3(8)6-7-5/h2H,1H3,(H2,5,6,8). The molecule has 0 aromatic rings. The van der Waals surface area contributed by atoms with E-state index in [1.54, 1.807) is 6.92 Å². The molecule has 0 aliphatic carbocycles. The van der Waals surface area contributed by atoms with Crippen molar-refractivity contribution in [2.24, 2.45) is 5.22 Å². The zero-order valence-electron chi connectivity index (χ0n) is 4.31. The van der Waals surface area contributed by atoms with E-state index in [-0.39, 0.29) is 9.83 Å². The summed E-state index contributed by atoms with van der Waals surface area (Å²) in [5, 5.41) is 2.70. The van der Waals surface area contributed by atoms with Crippen LogP contribution in [0.2, 0.25) is 0 Å². The summed E-state index contributed by atoms with van der Waals surface area (Å²) >= 11 is 1.94. The van der Waals surface area contributed by atoms with E-state index in [1.165, 1.54) is 0 Å². The fourth-order valence-electron chi connectivity index (χ4n) is 0.144. The van der Waals surface area contributed by atoms with E-state index in [2.05, 4.69) is 5.22 Å². The summed E-state index contributed by atoms with van der Waals surface area (Å²) in [7, 11) is 0. The summed E-state index contributed by atoms with van der Waals surface area (Å²) in [6.07, 6.45) is 0. The highest BCUT2D eigenvalue weighted by Gasteiger charge is 2.05. The van der Waals surface area contributed by atoms with Gasteiger partial charge in [0.15, 0.2) is 0 Å². The molecule has 0 rings (SSSR count). The highest BCUT2D eigenvalue weighted by Crippen LogP contribution is 1.96. The third kappa shape index (κ3) is 2.89. The van der Waals surface area contributed by atoms with Crippen LogP contribution in [-0.4, -0.2) is 9.83 Å². The monoisotopic (exact) mass is 227 g/mol. The van der Waals surface area contributed by atoms with Gasteiger partial charge in [0, 0.05) is 0 Å². The molecule has 0 saturated carbocycles.